The summed E-state index contributed by atoms with van der Waals surface area (Å²) in [7, 11) is 0. The van der Waals surface area contributed by atoms with Crippen LogP contribution in [0.25, 0.3) is 0 Å². The second kappa shape index (κ2) is 14.0. The zero-order chi connectivity index (χ0) is 33.0. The zero-order valence-corrected chi connectivity index (χ0v) is 28.5. The Balaban J connectivity index is 1.27. The van der Waals surface area contributed by atoms with Crippen LogP contribution in [-0.2, 0) is 20.7 Å². The molecule has 2 aliphatic carbocycles. The average Bonchev–Trinajstić information content (AvgIpc) is 2.95. The van der Waals surface area contributed by atoms with Gasteiger partial charge in [0.15, 0.2) is 5.78 Å². The fourth-order valence-corrected chi connectivity index (χ4v) is 7.52. The van der Waals surface area contributed by atoms with Gasteiger partial charge >= 0.3 is 5.97 Å². The highest BCUT2D eigenvalue weighted by molar-refractivity contribution is 6.31. The van der Waals surface area contributed by atoms with Gasteiger partial charge in [-0.1, -0.05) is 51.1 Å². The molecule has 1 unspecified atom stereocenters. The highest BCUT2D eigenvalue weighted by Gasteiger charge is 2.63. The lowest BCUT2D eigenvalue weighted by atomic mass is 9.44. The number of benzene rings is 2. The topological polar surface area (TPSA) is 85.6 Å². The number of ether oxygens (including phenoxy) is 3. The van der Waals surface area contributed by atoms with E-state index in [1.165, 1.54) is 0 Å². The predicted octanol–water partition coefficient (Wildman–Crippen LogP) is 8.36. The summed E-state index contributed by atoms with van der Waals surface area (Å²) in [6.07, 6.45) is 4.93. The van der Waals surface area contributed by atoms with E-state index >= 15 is 0 Å². The summed E-state index contributed by atoms with van der Waals surface area (Å²) in [6.45, 7) is 14.9. The number of rotatable bonds is 10. The number of fused-ring (bicyclic) bond motifs is 1. The normalized spacial score (nSPS) is 21.4. The van der Waals surface area contributed by atoms with Crippen molar-refractivity contribution in [1.82, 2.24) is 0 Å². The van der Waals surface area contributed by atoms with Gasteiger partial charge in [0.25, 0.3) is 0 Å². The van der Waals surface area contributed by atoms with Crippen LogP contribution < -0.4 is 4.74 Å². The number of hydrogen-bond acceptors (Lipinski definition) is 6. The molecule has 1 saturated carbocycles. The van der Waals surface area contributed by atoms with Crippen LogP contribution in [0.1, 0.15) is 108 Å². The first kappa shape index (κ1) is 34.6. The summed E-state index contributed by atoms with van der Waals surface area (Å²) in [5, 5.41) is 9.58. The minimum absolute atomic E-state index is 0.0131. The number of ketones is 1. The van der Waals surface area contributed by atoms with E-state index in [1.54, 1.807) is 18.2 Å². The van der Waals surface area contributed by atoms with Gasteiger partial charge in [0.1, 0.15) is 30.1 Å². The van der Waals surface area contributed by atoms with Crippen LogP contribution >= 0.6 is 11.6 Å². The molecule has 7 heteroatoms. The molecule has 0 bridgehead atoms. The molecule has 240 valence electrons. The Morgan fingerprint density at radius 1 is 1.07 bits per heavy atom. The van der Waals surface area contributed by atoms with E-state index in [9.17, 15) is 14.9 Å². The lowest BCUT2D eigenvalue weighted by molar-refractivity contribution is -0.203. The predicted molar refractivity (Wildman–Crippen MR) is 176 cm³/mol. The number of Topliss-reactive ketones (excluding diaryl/α,β-unsaturated/α-hetero) is 1. The third-order valence-corrected chi connectivity index (χ3v) is 9.51. The number of carbonyl (C=O) groups is 2. The van der Waals surface area contributed by atoms with Crippen molar-refractivity contribution < 1.29 is 23.8 Å². The third kappa shape index (κ3) is 8.29. The molecule has 4 rings (SSSR count). The quantitative estimate of drug-likeness (QED) is 0.149. The Bertz CT molecular complexity index is 1500. The van der Waals surface area contributed by atoms with Crippen molar-refractivity contribution in [1.29, 1.82) is 5.26 Å². The summed E-state index contributed by atoms with van der Waals surface area (Å²) in [5.74, 6) is 7.33. The van der Waals surface area contributed by atoms with Gasteiger partial charge < -0.3 is 14.2 Å². The third-order valence-electron chi connectivity index (χ3n) is 9.20. The number of unbranched alkanes of at least 4 members (excludes halogenated alkanes) is 2. The van der Waals surface area contributed by atoms with Crippen molar-refractivity contribution in [3.05, 3.63) is 63.7 Å². The van der Waals surface area contributed by atoms with Gasteiger partial charge in [-0.3, -0.25) is 4.79 Å². The molecule has 0 radical (unpaired) electrons. The Labute approximate surface area is 273 Å². The molecule has 0 N–H and O–H groups in total. The van der Waals surface area contributed by atoms with E-state index in [1.807, 2.05) is 32.9 Å². The van der Waals surface area contributed by atoms with Gasteiger partial charge in [-0.05, 0) is 94.7 Å². The van der Waals surface area contributed by atoms with Gasteiger partial charge in [-0.2, -0.15) is 5.26 Å². The maximum atomic E-state index is 13.6. The van der Waals surface area contributed by atoms with Crippen LogP contribution in [-0.4, -0.2) is 36.7 Å². The summed E-state index contributed by atoms with van der Waals surface area (Å²) >= 11 is 6.25. The van der Waals surface area contributed by atoms with E-state index in [-0.39, 0.29) is 41.2 Å². The summed E-state index contributed by atoms with van der Waals surface area (Å²) in [4.78, 5) is 25.3. The first-order chi connectivity index (χ1) is 21.1. The highest BCUT2D eigenvalue weighted by atomic mass is 35.5. The second-order valence-electron chi connectivity index (χ2n) is 14.6. The molecule has 1 atom stereocenters. The van der Waals surface area contributed by atoms with Crippen molar-refractivity contribution in [3.63, 3.8) is 0 Å². The first-order valence-corrected chi connectivity index (χ1v) is 16.3. The smallest absolute Gasteiger partial charge is 0.332 e. The molecule has 0 saturated heterocycles. The molecule has 6 nitrogen and oxygen atoms in total. The maximum absolute atomic E-state index is 13.6. The van der Waals surface area contributed by atoms with Crippen molar-refractivity contribution in [3.8, 4) is 23.7 Å². The molecule has 0 aromatic heterocycles. The lowest BCUT2D eigenvalue weighted by Gasteiger charge is -2.64. The number of nitriles is 1. The van der Waals surface area contributed by atoms with Gasteiger partial charge in [-0.15, -0.1) is 0 Å². The van der Waals surface area contributed by atoms with Crippen LogP contribution in [0, 0.1) is 45.8 Å². The van der Waals surface area contributed by atoms with E-state index in [2.05, 4.69) is 51.7 Å². The number of nitrogens with zero attached hydrogens (tertiary/aromatic N) is 1. The molecule has 0 aliphatic heterocycles. The lowest BCUT2D eigenvalue weighted by Crippen LogP contribution is -2.66. The Morgan fingerprint density at radius 3 is 2.47 bits per heavy atom. The highest BCUT2D eigenvalue weighted by Crippen LogP contribution is 2.62. The number of aryl methyl sites for hydroxylation is 1. The Hall–Kier alpha value is -3.32. The van der Waals surface area contributed by atoms with E-state index in [0.717, 1.165) is 55.2 Å². The standard InChI is InChI=1S/C38H46ClNO5/c1-36(2,3)45-33(41)24-43-19-11-9-8-10-12-25-13-18-30-26(20-25)14-15-27(34(30)42)21-32-37(4,5)35(38(32,6)7)44-29-17-16-28(23-40)31(39)22-29/h13,16-18,20,22,27,32,35H,8-9,11,14-15,19,21,24H2,1-7H3. The number of halogens is 1. The number of hydrogen-bond donors (Lipinski definition) is 0. The Kier molecular flexibility index (Phi) is 10.7. The van der Waals surface area contributed by atoms with Crippen molar-refractivity contribution in [2.24, 2.45) is 22.7 Å². The molecule has 2 aromatic rings. The molecule has 0 amide bonds. The second-order valence-corrected chi connectivity index (χ2v) is 15.0. The van der Waals surface area contributed by atoms with Crippen molar-refractivity contribution >= 4 is 23.4 Å². The minimum Gasteiger partial charge on any atom is -0.489 e. The molecule has 0 heterocycles. The van der Waals surface area contributed by atoms with E-state index in [0.29, 0.717) is 28.9 Å². The van der Waals surface area contributed by atoms with Gasteiger partial charge in [0, 0.05) is 47.0 Å². The van der Waals surface area contributed by atoms with Crippen LogP contribution in [0.15, 0.2) is 36.4 Å². The fourth-order valence-electron chi connectivity index (χ4n) is 7.31. The van der Waals surface area contributed by atoms with Gasteiger partial charge in [0.2, 0.25) is 0 Å². The van der Waals surface area contributed by atoms with Gasteiger partial charge in [-0.25, -0.2) is 4.79 Å². The van der Waals surface area contributed by atoms with Crippen molar-refractivity contribution in [2.45, 2.75) is 98.7 Å². The van der Waals surface area contributed by atoms with Gasteiger partial charge in [0.05, 0.1) is 10.6 Å². The molecule has 45 heavy (non-hydrogen) atoms. The number of esters is 1. The van der Waals surface area contributed by atoms with Crippen LogP contribution in [0.5, 0.6) is 5.75 Å². The SMILES string of the molecule is CC(C)(C)OC(=O)COCCCCC#Cc1ccc2c(c1)CCC(CC1C(C)(C)C(Oc3ccc(C#N)c(Cl)c3)C1(C)C)C2=O. The molecule has 0 spiro atoms. The molecular weight excluding hydrogens is 586 g/mol. The molecule has 2 aromatic carbocycles. The zero-order valence-electron chi connectivity index (χ0n) is 27.7. The fraction of sp³-hybridized carbons (Fsp3) is 0.553. The van der Waals surface area contributed by atoms with E-state index in [4.69, 9.17) is 25.8 Å². The summed E-state index contributed by atoms with van der Waals surface area (Å²) in [5.41, 5.74) is 2.52. The van der Waals surface area contributed by atoms with Crippen LogP contribution in [0.4, 0.5) is 0 Å². The summed E-state index contributed by atoms with van der Waals surface area (Å²) in [6, 6.07) is 13.3. The molecule has 1 fully saturated rings. The molecule has 2 aliphatic rings. The Morgan fingerprint density at radius 2 is 1.80 bits per heavy atom. The van der Waals surface area contributed by atoms with Crippen LogP contribution in [0.3, 0.4) is 0 Å². The van der Waals surface area contributed by atoms with Crippen LogP contribution in [0.2, 0.25) is 5.02 Å². The monoisotopic (exact) mass is 631 g/mol. The summed E-state index contributed by atoms with van der Waals surface area (Å²) < 4.78 is 17.1. The van der Waals surface area contributed by atoms with Crippen molar-refractivity contribution in [2.75, 3.05) is 13.2 Å². The number of carbonyl (C=O) groups excluding carboxylic acids is 2. The first-order valence-electron chi connectivity index (χ1n) is 16.0. The average molecular weight is 632 g/mol. The maximum Gasteiger partial charge on any atom is 0.332 e. The largest absolute Gasteiger partial charge is 0.489 e. The molecular formula is C38H46ClNO5. The van der Waals surface area contributed by atoms with E-state index < -0.39 is 5.60 Å². The minimum atomic E-state index is -0.502.